The number of H-pyrrole nitrogens is 1. The van der Waals surface area contributed by atoms with Gasteiger partial charge in [-0.1, -0.05) is 20.8 Å². The number of aromatic nitrogens is 3. The lowest BCUT2D eigenvalue weighted by Gasteiger charge is -2.12. The van der Waals surface area contributed by atoms with Crippen LogP contribution in [-0.4, -0.2) is 23.6 Å². The van der Waals surface area contributed by atoms with E-state index in [9.17, 15) is 8.42 Å². The first kappa shape index (κ1) is 10.1. The molecule has 0 aliphatic rings. The SMILES string of the molecule is CC(C)(C)c1nc(S(N)(=O)=O)n[nH]1. The van der Waals surface area contributed by atoms with Crippen molar-refractivity contribution < 1.29 is 8.42 Å². The highest BCUT2D eigenvalue weighted by atomic mass is 32.2. The minimum atomic E-state index is -3.80. The summed E-state index contributed by atoms with van der Waals surface area (Å²) in [6.07, 6.45) is 0. The van der Waals surface area contributed by atoms with E-state index in [1.54, 1.807) is 0 Å². The van der Waals surface area contributed by atoms with Crippen molar-refractivity contribution >= 4 is 10.0 Å². The maximum absolute atomic E-state index is 10.8. The molecular formula is C6H12N4O2S. The Kier molecular flexibility index (Phi) is 2.16. The first-order valence-corrected chi connectivity index (χ1v) is 5.21. The number of nitrogens with two attached hydrogens (primary N) is 1. The van der Waals surface area contributed by atoms with E-state index >= 15 is 0 Å². The van der Waals surface area contributed by atoms with Gasteiger partial charge in [-0.15, -0.1) is 5.10 Å². The van der Waals surface area contributed by atoms with Crippen LogP contribution in [0.1, 0.15) is 26.6 Å². The molecule has 0 aromatic carbocycles. The van der Waals surface area contributed by atoms with E-state index < -0.39 is 10.0 Å². The highest BCUT2D eigenvalue weighted by molar-refractivity contribution is 7.89. The van der Waals surface area contributed by atoms with Gasteiger partial charge in [0, 0.05) is 5.41 Å². The van der Waals surface area contributed by atoms with Crippen LogP contribution in [0.25, 0.3) is 0 Å². The molecule has 0 aliphatic carbocycles. The summed E-state index contributed by atoms with van der Waals surface area (Å²) in [5.74, 6) is 0.497. The highest BCUT2D eigenvalue weighted by Crippen LogP contribution is 2.17. The van der Waals surface area contributed by atoms with Gasteiger partial charge in [0.1, 0.15) is 5.82 Å². The Morgan fingerprint density at radius 2 is 1.92 bits per heavy atom. The van der Waals surface area contributed by atoms with E-state index in [1.165, 1.54) is 0 Å². The van der Waals surface area contributed by atoms with Gasteiger partial charge in [0.05, 0.1) is 0 Å². The quantitative estimate of drug-likeness (QED) is 0.658. The molecule has 1 rings (SSSR count). The third kappa shape index (κ3) is 2.25. The van der Waals surface area contributed by atoms with Crippen LogP contribution >= 0.6 is 0 Å². The molecule has 0 unspecified atom stereocenters. The monoisotopic (exact) mass is 204 g/mol. The molecule has 0 spiro atoms. The molecule has 0 radical (unpaired) electrons. The van der Waals surface area contributed by atoms with Gasteiger partial charge in [-0.3, -0.25) is 5.10 Å². The van der Waals surface area contributed by atoms with Gasteiger partial charge in [-0.05, 0) is 0 Å². The number of rotatable bonds is 1. The van der Waals surface area contributed by atoms with Gasteiger partial charge in [-0.25, -0.2) is 18.5 Å². The van der Waals surface area contributed by atoms with Gasteiger partial charge in [-0.2, -0.15) is 0 Å². The molecule has 1 heterocycles. The average Bonchev–Trinajstić information content (AvgIpc) is 2.28. The van der Waals surface area contributed by atoms with Crippen molar-refractivity contribution in [1.29, 1.82) is 0 Å². The van der Waals surface area contributed by atoms with Crippen LogP contribution in [0.2, 0.25) is 0 Å². The van der Waals surface area contributed by atoms with E-state index in [0.717, 1.165) is 0 Å². The first-order valence-electron chi connectivity index (χ1n) is 3.67. The zero-order valence-corrected chi connectivity index (χ0v) is 8.51. The number of hydrogen-bond acceptors (Lipinski definition) is 4. The average molecular weight is 204 g/mol. The maximum Gasteiger partial charge on any atom is 0.282 e. The van der Waals surface area contributed by atoms with Gasteiger partial charge in [0.15, 0.2) is 0 Å². The van der Waals surface area contributed by atoms with Crippen LogP contribution < -0.4 is 5.14 Å². The minimum Gasteiger partial charge on any atom is -0.261 e. The normalized spacial score (nSPS) is 13.2. The van der Waals surface area contributed by atoms with E-state index in [-0.39, 0.29) is 10.6 Å². The standard InChI is InChI=1S/C6H12N4O2S/c1-6(2,3)4-8-5(10-9-4)13(7,11)12/h1-3H3,(H2,7,11,12)(H,8,9,10). The summed E-state index contributed by atoms with van der Waals surface area (Å²) >= 11 is 0. The Hall–Kier alpha value is -0.950. The molecule has 0 saturated carbocycles. The van der Waals surface area contributed by atoms with Gasteiger partial charge in [0.25, 0.3) is 15.2 Å². The molecule has 7 heteroatoms. The summed E-state index contributed by atoms with van der Waals surface area (Å²) in [6, 6.07) is 0. The van der Waals surface area contributed by atoms with Crippen molar-refractivity contribution in [2.75, 3.05) is 0 Å². The Bertz CT molecular complexity index is 401. The summed E-state index contributed by atoms with van der Waals surface area (Å²) in [5, 5.41) is 10.5. The fourth-order valence-electron chi connectivity index (χ4n) is 0.709. The Balaban J connectivity index is 3.16. The van der Waals surface area contributed by atoms with Crippen molar-refractivity contribution in [2.45, 2.75) is 31.3 Å². The molecule has 74 valence electrons. The van der Waals surface area contributed by atoms with Crippen molar-refractivity contribution in [3.63, 3.8) is 0 Å². The predicted molar refractivity (Wildman–Crippen MR) is 46.5 cm³/mol. The van der Waals surface area contributed by atoms with Crippen LogP contribution in [0.4, 0.5) is 0 Å². The number of nitrogens with one attached hydrogen (secondary N) is 1. The molecule has 1 aromatic rings. The van der Waals surface area contributed by atoms with Crippen molar-refractivity contribution in [1.82, 2.24) is 15.2 Å². The lowest BCUT2D eigenvalue weighted by atomic mass is 9.96. The largest absolute Gasteiger partial charge is 0.282 e. The molecular weight excluding hydrogens is 192 g/mol. The second-order valence-corrected chi connectivity index (χ2v) is 5.22. The molecule has 0 bridgehead atoms. The molecule has 3 N–H and O–H groups in total. The molecule has 13 heavy (non-hydrogen) atoms. The molecule has 1 aromatic heterocycles. The van der Waals surface area contributed by atoms with Crippen molar-refractivity contribution in [3.05, 3.63) is 5.82 Å². The summed E-state index contributed by atoms with van der Waals surface area (Å²) < 4.78 is 21.6. The predicted octanol–water partition coefficient (Wildman–Crippen LogP) is -0.250. The van der Waals surface area contributed by atoms with Crippen LogP contribution in [0, 0.1) is 0 Å². The van der Waals surface area contributed by atoms with Gasteiger partial charge in [0.2, 0.25) is 0 Å². The lowest BCUT2D eigenvalue weighted by Crippen LogP contribution is -2.16. The van der Waals surface area contributed by atoms with Crippen LogP contribution in [-0.2, 0) is 15.4 Å². The van der Waals surface area contributed by atoms with Crippen LogP contribution in [0.5, 0.6) is 0 Å². The van der Waals surface area contributed by atoms with E-state index in [1.807, 2.05) is 20.8 Å². The van der Waals surface area contributed by atoms with E-state index in [2.05, 4.69) is 15.2 Å². The topological polar surface area (TPSA) is 102 Å². The van der Waals surface area contributed by atoms with Crippen LogP contribution in [0.3, 0.4) is 0 Å². The summed E-state index contributed by atoms with van der Waals surface area (Å²) in [6.45, 7) is 5.67. The fraction of sp³-hybridized carbons (Fsp3) is 0.667. The lowest BCUT2D eigenvalue weighted by molar-refractivity contribution is 0.546. The number of nitrogens with zero attached hydrogens (tertiary/aromatic N) is 2. The zero-order chi connectivity index (χ0) is 10.3. The Labute approximate surface area is 76.6 Å². The molecule has 6 nitrogen and oxygen atoms in total. The molecule has 0 atom stereocenters. The number of sulfonamides is 1. The van der Waals surface area contributed by atoms with Gasteiger partial charge >= 0.3 is 0 Å². The maximum atomic E-state index is 10.8. The van der Waals surface area contributed by atoms with Crippen LogP contribution in [0.15, 0.2) is 5.16 Å². The molecule has 0 aliphatic heterocycles. The van der Waals surface area contributed by atoms with Gasteiger partial charge < -0.3 is 0 Å². The smallest absolute Gasteiger partial charge is 0.261 e. The third-order valence-electron chi connectivity index (χ3n) is 1.43. The third-order valence-corrected chi connectivity index (χ3v) is 2.12. The summed E-state index contributed by atoms with van der Waals surface area (Å²) in [7, 11) is -3.80. The van der Waals surface area contributed by atoms with Crippen molar-refractivity contribution in [2.24, 2.45) is 5.14 Å². The number of primary sulfonamides is 1. The Morgan fingerprint density at radius 3 is 2.15 bits per heavy atom. The number of hydrogen-bond donors (Lipinski definition) is 2. The number of aromatic amines is 1. The summed E-state index contributed by atoms with van der Waals surface area (Å²) in [5.41, 5.74) is -0.268. The zero-order valence-electron chi connectivity index (χ0n) is 7.70. The summed E-state index contributed by atoms with van der Waals surface area (Å²) in [4.78, 5) is 3.77. The van der Waals surface area contributed by atoms with E-state index in [4.69, 9.17) is 5.14 Å². The highest BCUT2D eigenvalue weighted by Gasteiger charge is 2.22. The minimum absolute atomic E-state index is 0.268. The molecule has 0 fully saturated rings. The molecule has 0 saturated heterocycles. The fourth-order valence-corrected chi connectivity index (χ4v) is 1.10. The van der Waals surface area contributed by atoms with E-state index in [0.29, 0.717) is 5.82 Å². The second kappa shape index (κ2) is 2.78. The second-order valence-electron chi connectivity index (χ2n) is 3.76. The molecule has 0 amide bonds. The Morgan fingerprint density at radius 1 is 1.38 bits per heavy atom. The van der Waals surface area contributed by atoms with Crippen molar-refractivity contribution in [3.8, 4) is 0 Å². The first-order chi connectivity index (χ1) is 5.71.